The zero-order valence-electron chi connectivity index (χ0n) is 11.9. The second-order valence-electron chi connectivity index (χ2n) is 4.91. The number of carbonyl (C=O) groups excluding carboxylic acids is 1. The van der Waals surface area contributed by atoms with Crippen LogP contribution in [0, 0.1) is 0 Å². The van der Waals surface area contributed by atoms with Crippen LogP contribution in [0.1, 0.15) is 32.3 Å². The molecule has 1 atom stereocenters. The lowest BCUT2D eigenvalue weighted by Gasteiger charge is -2.17. The molecule has 0 bridgehead atoms. The molecule has 0 aromatic heterocycles. The topological polar surface area (TPSA) is 46.5 Å². The molecule has 110 valence electrons. The van der Waals surface area contributed by atoms with Crippen LogP contribution in [-0.4, -0.2) is 23.3 Å². The number of rotatable bonds is 7. The van der Waals surface area contributed by atoms with Crippen molar-refractivity contribution in [2.45, 2.75) is 38.7 Å². The summed E-state index contributed by atoms with van der Waals surface area (Å²) in [4.78, 5) is 11.3. The van der Waals surface area contributed by atoms with Crippen LogP contribution in [0.15, 0.2) is 36.4 Å². The Hall–Kier alpha value is -1.32. The van der Waals surface area contributed by atoms with E-state index in [1.807, 2.05) is 30.3 Å². The van der Waals surface area contributed by atoms with Gasteiger partial charge in [-0.1, -0.05) is 35.9 Å². The molecule has 4 heteroatoms. The van der Waals surface area contributed by atoms with E-state index < -0.39 is 5.60 Å². The fourth-order valence-corrected chi connectivity index (χ4v) is 1.93. The van der Waals surface area contributed by atoms with E-state index in [4.69, 9.17) is 16.3 Å². The average molecular weight is 297 g/mol. The third-order valence-electron chi connectivity index (χ3n) is 2.80. The van der Waals surface area contributed by atoms with E-state index in [1.54, 1.807) is 19.9 Å². The van der Waals surface area contributed by atoms with Crippen LogP contribution in [0.3, 0.4) is 0 Å². The van der Waals surface area contributed by atoms with Crippen molar-refractivity contribution in [1.82, 2.24) is 0 Å². The Labute approximate surface area is 125 Å². The fourth-order valence-electron chi connectivity index (χ4n) is 1.80. The normalized spacial score (nSPS) is 14.2. The second kappa shape index (κ2) is 8.08. The number of benzene rings is 1. The zero-order chi connectivity index (χ0) is 15.0. The number of aryl methyl sites for hydroxylation is 1. The molecule has 0 amide bonds. The predicted molar refractivity (Wildman–Crippen MR) is 80.8 cm³/mol. The summed E-state index contributed by atoms with van der Waals surface area (Å²) in [5, 5.41) is 10.8. The van der Waals surface area contributed by atoms with Crippen molar-refractivity contribution >= 4 is 17.6 Å². The van der Waals surface area contributed by atoms with Crippen LogP contribution in [0.5, 0.6) is 0 Å². The Bertz CT molecular complexity index is 449. The number of hydrogen-bond donors (Lipinski definition) is 1. The Morgan fingerprint density at radius 3 is 2.65 bits per heavy atom. The van der Waals surface area contributed by atoms with E-state index in [0.29, 0.717) is 6.61 Å². The standard InChI is InChI=1S/C16H21ClO3/c1-3-20-15(18)12-16(2,19)11-5-4-6-13-7-9-14(17)10-8-13/h5,7-11,19H,3-4,6,12H2,1-2H3/b11-5+. The molecule has 20 heavy (non-hydrogen) atoms. The van der Waals surface area contributed by atoms with Gasteiger partial charge >= 0.3 is 5.97 Å². The largest absolute Gasteiger partial charge is 0.466 e. The van der Waals surface area contributed by atoms with Gasteiger partial charge in [0.05, 0.1) is 18.6 Å². The fraction of sp³-hybridized carbons (Fsp3) is 0.438. The van der Waals surface area contributed by atoms with Crippen molar-refractivity contribution in [3.63, 3.8) is 0 Å². The lowest BCUT2D eigenvalue weighted by molar-refractivity contribution is -0.146. The predicted octanol–water partition coefficient (Wildman–Crippen LogP) is 3.53. The van der Waals surface area contributed by atoms with Crippen molar-refractivity contribution in [1.29, 1.82) is 0 Å². The second-order valence-corrected chi connectivity index (χ2v) is 5.34. The summed E-state index contributed by atoms with van der Waals surface area (Å²) in [7, 11) is 0. The monoisotopic (exact) mass is 296 g/mol. The summed E-state index contributed by atoms with van der Waals surface area (Å²) < 4.78 is 4.82. The molecule has 1 aromatic carbocycles. The third-order valence-corrected chi connectivity index (χ3v) is 3.05. The van der Waals surface area contributed by atoms with E-state index in [-0.39, 0.29) is 12.4 Å². The van der Waals surface area contributed by atoms with Crippen LogP contribution in [0.4, 0.5) is 0 Å². The van der Waals surface area contributed by atoms with E-state index >= 15 is 0 Å². The molecular formula is C16H21ClO3. The first-order chi connectivity index (χ1) is 9.43. The van der Waals surface area contributed by atoms with E-state index in [9.17, 15) is 9.90 Å². The van der Waals surface area contributed by atoms with Gasteiger partial charge in [-0.15, -0.1) is 0 Å². The van der Waals surface area contributed by atoms with E-state index in [1.165, 1.54) is 5.56 Å². The molecule has 1 aromatic rings. The molecule has 0 fully saturated rings. The van der Waals surface area contributed by atoms with Gasteiger partial charge in [0, 0.05) is 5.02 Å². The Morgan fingerprint density at radius 2 is 2.05 bits per heavy atom. The molecule has 0 saturated carbocycles. The number of esters is 1. The maximum Gasteiger partial charge on any atom is 0.309 e. The highest BCUT2D eigenvalue weighted by atomic mass is 35.5. The lowest BCUT2D eigenvalue weighted by atomic mass is 10.0. The first kappa shape index (κ1) is 16.7. The van der Waals surface area contributed by atoms with Crippen molar-refractivity contribution in [3.8, 4) is 0 Å². The van der Waals surface area contributed by atoms with Gasteiger partial charge in [0.1, 0.15) is 0 Å². The number of aliphatic hydroxyl groups is 1. The third kappa shape index (κ3) is 6.73. The van der Waals surface area contributed by atoms with Crippen LogP contribution >= 0.6 is 11.6 Å². The smallest absolute Gasteiger partial charge is 0.309 e. The van der Waals surface area contributed by atoms with Crippen molar-refractivity contribution in [3.05, 3.63) is 47.0 Å². The minimum Gasteiger partial charge on any atom is -0.466 e. The molecular weight excluding hydrogens is 276 g/mol. The highest BCUT2D eigenvalue weighted by Crippen LogP contribution is 2.14. The van der Waals surface area contributed by atoms with Crippen molar-refractivity contribution in [2.24, 2.45) is 0 Å². The minimum absolute atomic E-state index is 0.0295. The number of hydrogen-bond acceptors (Lipinski definition) is 3. The highest BCUT2D eigenvalue weighted by molar-refractivity contribution is 6.30. The molecule has 1 unspecified atom stereocenters. The Kier molecular flexibility index (Phi) is 6.76. The van der Waals surface area contributed by atoms with Gasteiger partial charge < -0.3 is 9.84 Å². The lowest BCUT2D eigenvalue weighted by Crippen LogP contribution is -2.26. The number of allylic oxidation sites excluding steroid dienone is 1. The van der Waals surface area contributed by atoms with Gasteiger partial charge in [-0.2, -0.15) is 0 Å². The van der Waals surface area contributed by atoms with Gasteiger partial charge in [-0.05, 0) is 44.4 Å². The molecule has 1 N–H and O–H groups in total. The first-order valence-electron chi connectivity index (χ1n) is 6.73. The molecule has 0 aliphatic carbocycles. The molecule has 0 spiro atoms. The van der Waals surface area contributed by atoms with Crippen LogP contribution in [-0.2, 0) is 16.0 Å². The summed E-state index contributed by atoms with van der Waals surface area (Å²) in [5.74, 6) is -0.389. The molecule has 0 aliphatic rings. The molecule has 3 nitrogen and oxygen atoms in total. The summed E-state index contributed by atoms with van der Waals surface area (Å²) in [6, 6.07) is 7.68. The summed E-state index contributed by atoms with van der Waals surface area (Å²) in [6.07, 6.45) is 5.16. The first-order valence-corrected chi connectivity index (χ1v) is 7.11. The van der Waals surface area contributed by atoms with Crippen LogP contribution in [0.25, 0.3) is 0 Å². The molecule has 0 radical (unpaired) electrons. The maximum absolute atomic E-state index is 11.3. The van der Waals surface area contributed by atoms with Crippen LogP contribution < -0.4 is 0 Å². The van der Waals surface area contributed by atoms with E-state index in [2.05, 4.69) is 0 Å². The number of carbonyl (C=O) groups is 1. The zero-order valence-corrected chi connectivity index (χ0v) is 12.7. The molecule has 0 heterocycles. The van der Waals surface area contributed by atoms with Gasteiger partial charge in [0.2, 0.25) is 0 Å². The molecule has 0 saturated heterocycles. The van der Waals surface area contributed by atoms with Gasteiger partial charge in [-0.3, -0.25) is 4.79 Å². The molecule has 1 rings (SSSR count). The van der Waals surface area contributed by atoms with Crippen molar-refractivity contribution in [2.75, 3.05) is 6.61 Å². The summed E-state index contributed by atoms with van der Waals surface area (Å²) in [6.45, 7) is 3.67. The highest BCUT2D eigenvalue weighted by Gasteiger charge is 2.21. The van der Waals surface area contributed by atoms with E-state index in [0.717, 1.165) is 17.9 Å². The summed E-state index contributed by atoms with van der Waals surface area (Å²) in [5.41, 5.74) is 0.0239. The van der Waals surface area contributed by atoms with Gasteiger partial charge in [-0.25, -0.2) is 0 Å². The SMILES string of the molecule is CCOC(=O)CC(C)(O)/C=C/CCc1ccc(Cl)cc1. The maximum atomic E-state index is 11.3. The van der Waals surface area contributed by atoms with Crippen molar-refractivity contribution < 1.29 is 14.6 Å². The van der Waals surface area contributed by atoms with Gasteiger partial charge in [0.25, 0.3) is 0 Å². The number of halogens is 1. The Balaban J connectivity index is 2.39. The van der Waals surface area contributed by atoms with Crippen LogP contribution in [0.2, 0.25) is 5.02 Å². The number of ether oxygens (including phenoxy) is 1. The minimum atomic E-state index is -1.16. The molecule has 0 aliphatic heterocycles. The quantitative estimate of drug-likeness (QED) is 0.618. The van der Waals surface area contributed by atoms with Gasteiger partial charge in [0.15, 0.2) is 0 Å². The Morgan fingerprint density at radius 1 is 1.40 bits per heavy atom. The summed E-state index contributed by atoms with van der Waals surface area (Å²) >= 11 is 5.82. The average Bonchev–Trinajstić information content (AvgIpc) is 2.36.